The number of benzene rings is 4. The topological polar surface area (TPSA) is 43.1 Å². The number of nitro benzene ring substituents is 1. The molecule has 0 radical (unpaired) electrons. The van der Waals surface area contributed by atoms with Gasteiger partial charge in [-0.2, -0.15) is 0 Å². The zero-order valence-electron chi connectivity index (χ0n) is 19.1. The summed E-state index contributed by atoms with van der Waals surface area (Å²) in [5, 5.41) is 11.9. The molecular formula is C24H2F15NO2. The Morgan fingerprint density at radius 3 is 0.833 bits per heavy atom. The summed E-state index contributed by atoms with van der Waals surface area (Å²) < 4.78 is 213. The molecule has 18 heteroatoms. The molecule has 4 aromatic rings. The molecule has 0 atom stereocenters. The molecule has 0 saturated heterocycles. The Bertz CT molecular complexity index is 1700. The zero-order chi connectivity index (χ0) is 31.7. The van der Waals surface area contributed by atoms with Crippen LogP contribution in [0.5, 0.6) is 0 Å². The molecule has 0 unspecified atom stereocenters. The summed E-state index contributed by atoms with van der Waals surface area (Å²) in [4.78, 5) is 10.0. The summed E-state index contributed by atoms with van der Waals surface area (Å²) >= 11 is 0. The molecule has 0 aliphatic rings. The largest absolute Gasteiger partial charge is 0.285 e. The Morgan fingerprint density at radius 1 is 0.381 bits per heavy atom. The normalized spacial score (nSPS) is 11.4. The molecule has 0 heterocycles. The van der Waals surface area contributed by atoms with Crippen molar-refractivity contribution in [3.63, 3.8) is 0 Å². The van der Waals surface area contributed by atoms with E-state index in [9.17, 15) is 76.0 Å². The molecule has 42 heavy (non-hydrogen) atoms. The highest BCUT2D eigenvalue weighted by Crippen LogP contribution is 2.47. The van der Waals surface area contributed by atoms with Crippen LogP contribution < -0.4 is 0 Å². The highest BCUT2D eigenvalue weighted by Gasteiger charge is 2.38. The van der Waals surface area contributed by atoms with E-state index in [1.165, 1.54) is 0 Å². The predicted octanol–water partition coefficient (Wildman–Crippen LogP) is 8.68. The van der Waals surface area contributed by atoms with Crippen molar-refractivity contribution in [2.24, 2.45) is 0 Å². The Hall–Kier alpha value is -4.77. The molecular weight excluding hydrogens is 619 g/mol. The van der Waals surface area contributed by atoms with E-state index < -0.39 is 131 Å². The van der Waals surface area contributed by atoms with Gasteiger partial charge >= 0.3 is 0 Å². The molecule has 0 N–H and O–H groups in total. The van der Waals surface area contributed by atoms with E-state index in [0.717, 1.165) is 0 Å². The van der Waals surface area contributed by atoms with E-state index >= 15 is 0 Å². The summed E-state index contributed by atoms with van der Waals surface area (Å²) in [5.74, 6) is -42.5. The van der Waals surface area contributed by atoms with Gasteiger partial charge in [0.25, 0.3) is 5.69 Å². The second kappa shape index (κ2) is 10.3. The molecule has 0 fully saturated rings. The van der Waals surface area contributed by atoms with Crippen LogP contribution in [0.4, 0.5) is 71.5 Å². The highest BCUT2D eigenvalue weighted by atomic mass is 19.2. The predicted molar refractivity (Wildman–Crippen MR) is 109 cm³/mol. The smallest absolute Gasteiger partial charge is 0.258 e. The fourth-order valence-electron chi connectivity index (χ4n) is 3.90. The lowest BCUT2D eigenvalue weighted by atomic mass is 9.89. The van der Waals surface area contributed by atoms with Gasteiger partial charge in [-0.25, -0.2) is 65.9 Å². The quantitative estimate of drug-likeness (QED) is 0.0753. The second-order valence-corrected chi connectivity index (χ2v) is 8.01. The number of halogens is 15. The van der Waals surface area contributed by atoms with Crippen LogP contribution in [0.3, 0.4) is 0 Å². The minimum Gasteiger partial charge on any atom is -0.258 e. The first kappa shape index (κ1) is 30.2. The maximum atomic E-state index is 14.7. The van der Waals surface area contributed by atoms with E-state index in [-0.39, 0.29) is 12.1 Å². The maximum Gasteiger partial charge on any atom is 0.285 e. The third kappa shape index (κ3) is 4.19. The van der Waals surface area contributed by atoms with Gasteiger partial charge in [0.2, 0.25) is 17.5 Å². The zero-order valence-corrected chi connectivity index (χ0v) is 19.1. The van der Waals surface area contributed by atoms with Crippen molar-refractivity contribution in [1.82, 2.24) is 0 Å². The summed E-state index contributed by atoms with van der Waals surface area (Å²) in [6.07, 6.45) is 0. The van der Waals surface area contributed by atoms with Crippen LogP contribution in [0.2, 0.25) is 0 Å². The Balaban J connectivity index is 2.37. The van der Waals surface area contributed by atoms with Gasteiger partial charge < -0.3 is 0 Å². The fourth-order valence-corrected chi connectivity index (χ4v) is 3.90. The van der Waals surface area contributed by atoms with Gasteiger partial charge in [-0.05, 0) is 17.7 Å². The first-order valence-electron chi connectivity index (χ1n) is 10.3. The first-order valence-corrected chi connectivity index (χ1v) is 10.3. The Labute approximate surface area is 220 Å². The standard InChI is InChI=1S/C24H2F15NO2/c25-9-6(10(26)16(32)21(37)15(9)31)3-1-4(7-11(27)17(33)22(38)18(34)12(7)28)24(40(41)42)5(2-3)8-13(29)19(35)23(39)20(36)14(8)30/h1-2H. The fraction of sp³-hybridized carbons (Fsp3) is 0. The highest BCUT2D eigenvalue weighted by molar-refractivity contribution is 5.92. The SMILES string of the molecule is O=[N+]([O-])c1c(-c2c(F)c(F)c(F)c(F)c2F)cc(-c2c(F)c(F)c(F)c(F)c2F)cc1-c1c(F)c(F)c(F)c(F)c1F. The van der Waals surface area contributed by atoms with E-state index in [4.69, 9.17) is 0 Å². The van der Waals surface area contributed by atoms with Gasteiger partial charge in [-0.15, -0.1) is 0 Å². The third-order valence-electron chi connectivity index (χ3n) is 5.75. The lowest BCUT2D eigenvalue weighted by molar-refractivity contribution is -0.383. The van der Waals surface area contributed by atoms with E-state index in [1.54, 1.807) is 0 Å². The van der Waals surface area contributed by atoms with Crippen molar-refractivity contribution in [1.29, 1.82) is 0 Å². The number of nitrogens with zero attached hydrogens (tertiary/aromatic N) is 1. The molecule has 220 valence electrons. The molecule has 0 spiro atoms. The van der Waals surface area contributed by atoms with Crippen molar-refractivity contribution in [2.75, 3.05) is 0 Å². The Morgan fingerprint density at radius 2 is 0.595 bits per heavy atom. The molecule has 0 saturated carbocycles. The first-order chi connectivity index (χ1) is 19.4. The maximum absolute atomic E-state index is 14.7. The van der Waals surface area contributed by atoms with Gasteiger partial charge in [0, 0.05) is 0 Å². The van der Waals surface area contributed by atoms with E-state index in [0.29, 0.717) is 0 Å². The van der Waals surface area contributed by atoms with Crippen molar-refractivity contribution < 1.29 is 70.8 Å². The average molecular weight is 621 g/mol. The van der Waals surface area contributed by atoms with Crippen LogP contribution in [-0.4, -0.2) is 4.92 Å². The van der Waals surface area contributed by atoms with Gasteiger partial charge in [-0.1, -0.05) is 0 Å². The molecule has 0 aliphatic heterocycles. The van der Waals surface area contributed by atoms with Crippen LogP contribution >= 0.6 is 0 Å². The minimum absolute atomic E-state index is 0.274. The molecule has 4 aromatic carbocycles. The van der Waals surface area contributed by atoms with Crippen LogP contribution in [0, 0.1) is 97.4 Å². The molecule has 0 aliphatic carbocycles. The molecule has 3 nitrogen and oxygen atoms in total. The summed E-state index contributed by atoms with van der Waals surface area (Å²) in [5.41, 5.74) is -14.8. The van der Waals surface area contributed by atoms with Crippen LogP contribution in [0.15, 0.2) is 12.1 Å². The monoisotopic (exact) mass is 621 g/mol. The van der Waals surface area contributed by atoms with Gasteiger partial charge in [0.1, 0.15) is 0 Å². The number of hydrogen-bond acceptors (Lipinski definition) is 2. The third-order valence-corrected chi connectivity index (χ3v) is 5.75. The number of hydrogen-bond donors (Lipinski definition) is 0. The van der Waals surface area contributed by atoms with Crippen LogP contribution in [-0.2, 0) is 0 Å². The van der Waals surface area contributed by atoms with E-state index in [1.807, 2.05) is 0 Å². The lowest BCUT2D eigenvalue weighted by Crippen LogP contribution is -2.09. The summed E-state index contributed by atoms with van der Waals surface area (Å²) in [6.45, 7) is 0. The molecule has 0 bridgehead atoms. The summed E-state index contributed by atoms with van der Waals surface area (Å²) in [7, 11) is 0. The lowest BCUT2D eigenvalue weighted by Gasteiger charge is -2.16. The average Bonchev–Trinajstić information content (AvgIpc) is 2.95. The molecule has 0 aromatic heterocycles. The van der Waals surface area contributed by atoms with Gasteiger partial charge in [0.05, 0.1) is 32.7 Å². The van der Waals surface area contributed by atoms with Crippen molar-refractivity contribution in [3.05, 3.63) is 110 Å². The van der Waals surface area contributed by atoms with Crippen molar-refractivity contribution in [2.45, 2.75) is 0 Å². The number of rotatable bonds is 4. The van der Waals surface area contributed by atoms with Gasteiger partial charge in [0.15, 0.2) is 69.8 Å². The van der Waals surface area contributed by atoms with Crippen LogP contribution in [0.1, 0.15) is 0 Å². The Kier molecular flexibility index (Phi) is 7.37. The van der Waals surface area contributed by atoms with Crippen LogP contribution in [0.25, 0.3) is 33.4 Å². The minimum atomic E-state index is -2.89. The van der Waals surface area contributed by atoms with Gasteiger partial charge in [-0.3, -0.25) is 10.1 Å². The molecule has 4 rings (SSSR count). The second-order valence-electron chi connectivity index (χ2n) is 8.01. The number of nitro groups is 1. The van der Waals surface area contributed by atoms with E-state index in [2.05, 4.69) is 0 Å². The summed E-state index contributed by atoms with van der Waals surface area (Å²) in [6, 6.07) is -0.547. The van der Waals surface area contributed by atoms with Crippen molar-refractivity contribution in [3.8, 4) is 33.4 Å². The van der Waals surface area contributed by atoms with Crippen molar-refractivity contribution >= 4 is 5.69 Å². The molecule has 0 amide bonds.